The number of nitrogens with one attached hydrogen (secondary N) is 1. The summed E-state index contributed by atoms with van der Waals surface area (Å²) in [6.07, 6.45) is 0. The number of methoxy groups -OCH3 is 3. The van der Waals surface area contributed by atoms with Crippen LogP contribution >= 0.6 is 0 Å². The Morgan fingerprint density at radius 2 is 1.54 bits per heavy atom. The Labute approximate surface area is 204 Å². The first kappa shape index (κ1) is 25.6. The number of hydrogen-bond acceptors (Lipinski definition) is 7. The third kappa shape index (κ3) is 5.72. The lowest BCUT2D eigenvalue weighted by Gasteiger charge is -2.25. The monoisotopic (exact) mass is 498 g/mol. The molecule has 0 spiro atoms. The number of carbonyl (C=O) groups excluding carboxylic acids is 2. The second-order valence-electron chi connectivity index (χ2n) is 7.45. The molecule has 3 aromatic carbocycles. The molecule has 0 bridgehead atoms. The van der Waals surface area contributed by atoms with Gasteiger partial charge in [0.25, 0.3) is 10.0 Å². The molecule has 10 heteroatoms. The summed E-state index contributed by atoms with van der Waals surface area (Å²) in [5, 5.41) is 2.61. The lowest BCUT2D eigenvalue weighted by Crippen LogP contribution is -2.38. The van der Waals surface area contributed by atoms with Crippen molar-refractivity contribution >= 4 is 33.3 Å². The van der Waals surface area contributed by atoms with E-state index in [1.807, 2.05) is 6.92 Å². The minimum absolute atomic E-state index is 0.0847. The number of sulfonamides is 1. The number of aryl methyl sites for hydroxylation is 1. The number of nitrogens with zero attached hydrogens (tertiary/aromatic N) is 1. The van der Waals surface area contributed by atoms with Crippen LogP contribution < -0.4 is 19.1 Å². The van der Waals surface area contributed by atoms with Gasteiger partial charge < -0.3 is 19.5 Å². The molecule has 0 radical (unpaired) electrons. The number of ether oxygens (including phenoxy) is 3. The Balaban J connectivity index is 1.99. The van der Waals surface area contributed by atoms with E-state index in [2.05, 4.69) is 5.32 Å². The van der Waals surface area contributed by atoms with Gasteiger partial charge in [-0.1, -0.05) is 29.8 Å². The van der Waals surface area contributed by atoms with Crippen molar-refractivity contribution in [1.82, 2.24) is 0 Å². The Hall–Kier alpha value is -4.05. The molecule has 0 unspecified atom stereocenters. The van der Waals surface area contributed by atoms with Crippen molar-refractivity contribution in [3.63, 3.8) is 0 Å². The molecular weight excluding hydrogens is 472 g/mol. The average molecular weight is 499 g/mol. The van der Waals surface area contributed by atoms with Crippen molar-refractivity contribution in [1.29, 1.82) is 0 Å². The first-order valence-electron chi connectivity index (χ1n) is 10.5. The minimum Gasteiger partial charge on any atom is -0.493 e. The van der Waals surface area contributed by atoms with Gasteiger partial charge in [0.2, 0.25) is 5.91 Å². The normalized spacial score (nSPS) is 10.9. The molecule has 3 aromatic rings. The van der Waals surface area contributed by atoms with Gasteiger partial charge in [-0.05, 0) is 43.3 Å². The van der Waals surface area contributed by atoms with Crippen molar-refractivity contribution in [2.75, 3.05) is 37.5 Å². The quantitative estimate of drug-likeness (QED) is 0.449. The Kier molecular flexibility index (Phi) is 7.98. The van der Waals surface area contributed by atoms with Gasteiger partial charge in [0, 0.05) is 6.07 Å². The number of hydrogen-bond donors (Lipinski definition) is 1. The molecule has 0 saturated heterocycles. The van der Waals surface area contributed by atoms with Crippen LogP contribution in [0.25, 0.3) is 0 Å². The summed E-state index contributed by atoms with van der Waals surface area (Å²) in [5.74, 6) is -0.681. The summed E-state index contributed by atoms with van der Waals surface area (Å²) in [7, 11) is -0.119. The zero-order chi connectivity index (χ0) is 25.6. The van der Waals surface area contributed by atoms with Gasteiger partial charge in [0.1, 0.15) is 6.54 Å². The number of benzene rings is 3. The molecule has 0 saturated carbocycles. The summed E-state index contributed by atoms with van der Waals surface area (Å²) < 4.78 is 43.5. The first-order valence-corrected chi connectivity index (χ1v) is 11.9. The van der Waals surface area contributed by atoms with E-state index in [0.29, 0.717) is 11.4 Å². The van der Waals surface area contributed by atoms with Gasteiger partial charge in [-0.15, -0.1) is 0 Å². The minimum atomic E-state index is -4.20. The smallest absolute Gasteiger partial charge is 0.339 e. The average Bonchev–Trinajstić information content (AvgIpc) is 2.87. The molecular formula is C25H26N2O7S. The second kappa shape index (κ2) is 10.9. The fraction of sp³-hybridized carbons (Fsp3) is 0.200. The highest BCUT2D eigenvalue weighted by molar-refractivity contribution is 7.92. The topological polar surface area (TPSA) is 111 Å². The molecule has 9 nitrogen and oxygen atoms in total. The standard InChI is InChI=1S/C25H26N2O7S/c1-17-9-11-18(12-10-17)27(35(30,31)19-13-14-22(32-2)23(15-19)33-3)16-24(28)26-21-8-6-5-7-20(21)25(29)34-4/h5-15H,16H2,1-4H3,(H,26,28). The fourth-order valence-corrected chi connectivity index (χ4v) is 4.77. The number of para-hydroxylation sites is 1. The highest BCUT2D eigenvalue weighted by Gasteiger charge is 2.29. The van der Waals surface area contributed by atoms with Crippen LogP contribution in [0.3, 0.4) is 0 Å². The van der Waals surface area contributed by atoms with E-state index in [1.54, 1.807) is 36.4 Å². The predicted molar refractivity (Wildman–Crippen MR) is 132 cm³/mol. The zero-order valence-electron chi connectivity index (χ0n) is 19.8. The lowest BCUT2D eigenvalue weighted by atomic mass is 10.2. The molecule has 0 fully saturated rings. The van der Waals surface area contributed by atoms with Crippen molar-refractivity contribution in [2.45, 2.75) is 11.8 Å². The van der Waals surface area contributed by atoms with Gasteiger partial charge >= 0.3 is 5.97 Å². The Morgan fingerprint density at radius 3 is 2.17 bits per heavy atom. The molecule has 0 aliphatic rings. The van der Waals surface area contributed by atoms with E-state index in [9.17, 15) is 18.0 Å². The van der Waals surface area contributed by atoms with Crippen molar-refractivity contribution < 1.29 is 32.2 Å². The summed E-state index contributed by atoms with van der Waals surface area (Å²) in [6.45, 7) is 1.32. The maximum Gasteiger partial charge on any atom is 0.339 e. The van der Waals surface area contributed by atoms with Crippen molar-refractivity contribution in [3.05, 3.63) is 77.9 Å². The van der Waals surface area contributed by atoms with E-state index in [1.165, 1.54) is 51.7 Å². The molecule has 1 amide bonds. The van der Waals surface area contributed by atoms with Crippen LogP contribution in [0, 0.1) is 6.92 Å². The summed E-state index contributed by atoms with van der Waals surface area (Å²) in [5.41, 5.74) is 1.57. The molecule has 0 aliphatic heterocycles. The number of carbonyl (C=O) groups is 2. The number of esters is 1. The van der Waals surface area contributed by atoms with E-state index < -0.39 is 28.4 Å². The molecule has 0 atom stereocenters. The van der Waals surface area contributed by atoms with Gasteiger partial charge in [-0.3, -0.25) is 9.10 Å². The maximum absolute atomic E-state index is 13.7. The van der Waals surface area contributed by atoms with Crippen LogP contribution in [0.5, 0.6) is 11.5 Å². The molecule has 35 heavy (non-hydrogen) atoms. The van der Waals surface area contributed by atoms with Crippen LogP contribution in [0.15, 0.2) is 71.6 Å². The number of rotatable bonds is 9. The van der Waals surface area contributed by atoms with Crippen molar-refractivity contribution in [2.24, 2.45) is 0 Å². The van der Waals surface area contributed by atoms with Gasteiger partial charge in [-0.2, -0.15) is 0 Å². The second-order valence-corrected chi connectivity index (χ2v) is 9.31. The molecule has 0 heterocycles. The SMILES string of the molecule is COC(=O)c1ccccc1NC(=O)CN(c1ccc(C)cc1)S(=O)(=O)c1ccc(OC)c(OC)c1. The maximum atomic E-state index is 13.7. The summed E-state index contributed by atoms with van der Waals surface area (Å²) in [6, 6.07) is 17.2. The molecule has 1 N–H and O–H groups in total. The van der Waals surface area contributed by atoms with Crippen LogP contribution in [0.1, 0.15) is 15.9 Å². The third-order valence-electron chi connectivity index (χ3n) is 5.16. The highest BCUT2D eigenvalue weighted by Crippen LogP contribution is 2.32. The number of amides is 1. The van der Waals surface area contributed by atoms with Crippen LogP contribution in [-0.4, -0.2) is 48.2 Å². The van der Waals surface area contributed by atoms with E-state index in [4.69, 9.17) is 14.2 Å². The van der Waals surface area contributed by atoms with Crippen LogP contribution in [-0.2, 0) is 19.6 Å². The molecule has 0 aromatic heterocycles. The molecule has 184 valence electrons. The number of anilines is 2. The lowest BCUT2D eigenvalue weighted by molar-refractivity contribution is -0.114. The third-order valence-corrected chi connectivity index (χ3v) is 6.93. The van der Waals surface area contributed by atoms with Crippen LogP contribution in [0.2, 0.25) is 0 Å². The largest absolute Gasteiger partial charge is 0.493 e. The fourth-order valence-electron chi connectivity index (χ4n) is 3.33. The van der Waals surface area contributed by atoms with E-state index >= 15 is 0 Å². The first-order chi connectivity index (χ1) is 16.7. The van der Waals surface area contributed by atoms with E-state index in [-0.39, 0.29) is 21.9 Å². The summed E-state index contributed by atoms with van der Waals surface area (Å²) in [4.78, 5) is 25.0. The van der Waals surface area contributed by atoms with Gasteiger partial charge in [0.05, 0.1) is 43.2 Å². The zero-order valence-corrected chi connectivity index (χ0v) is 20.6. The van der Waals surface area contributed by atoms with Crippen LogP contribution in [0.4, 0.5) is 11.4 Å². The molecule has 3 rings (SSSR count). The Morgan fingerprint density at radius 1 is 0.886 bits per heavy atom. The molecule has 0 aliphatic carbocycles. The van der Waals surface area contributed by atoms with Crippen molar-refractivity contribution in [3.8, 4) is 11.5 Å². The Bertz CT molecular complexity index is 1320. The van der Waals surface area contributed by atoms with Gasteiger partial charge in [-0.25, -0.2) is 13.2 Å². The summed E-state index contributed by atoms with van der Waals surface area (Å²) >= 11 is 0. The predicted octanol–water partition coefficient (Wildman–Crippen LogP) is 3.63. The van der Waals surface area contributed by atoms with E-state index in [0.717, 1.165) is 9.87 Å². The highest BCUT2D eigenvalue weighted by atomic mass is 32.2. The van der Waals surface area contributed by atoms with Gasteiger partial charge in [0.15, 0.2) is 11.5 Å².